The Kier molecular flexibility index (Phi) is 3.21. The van der Waals surface area contributed by atoms with Gasteiger partial charge in [0.2, 0.25) is 5.95 Å². The number of nitrogens with zero attached hydrogens (tertiary/aromatic N) is 3. The maximum absolute atomic E-state index is 9.17. The van der Waals surface area contributed by atoms with E-state index in [-0.39, 0.29) is 17.3 Å². The van der Waals surface area contributed by atoms with Gasteiger partial charge in [0.15, 0.2) is 0 Å². The van der Waals surface area contributed by atoms with Crippen LogP contribution in [0.2, 0.25) is 0 Å². The monoisotopic (exact) mass is 255 g/mol. The van der Waals surface area contributed by atoms with Gasteiger partial charge < -0.3 is 16.2 Å². The van der Waals surface area contributed by atoms with Crippen LogP contribution < -0.4 is 16.2 Å². The molecule has 2 aromatic rings. The van der Waals surface area contributed by atoms with Crippen molar-refractivity contribution in [3.8, 4) is 23.1 Å². The van der Waals surface area contributed by atoms with Crippen molar-refractivity contribution in [3.05, 3.63) is 29.3 Å². The largest absolute Gasteiger partial charge is 0.497 e. The maximum atomic E-state index is 9.17. The summed E-state index contributed by atoms with van der Waals surface area (Å²) >= 11 is 0. The molecule has 6 nitrogen and oxygen atoms in total. The molecule has 0 atom stereocenters. The summed E-state index contributed by atoms with van der Waals surface area (Å²) in [5, 5.41) is 9.17. The number of methoxy groups -OCH3 is 1. The van der Waals surface area contributed by atoms with Crippen molar-refractivity contribution >= 4 is 11.8 Å². The van der Waals surface area contributed by atoms with E-state index in [0.717, 1.165) is 16.9 Å². The van der Waals surface area contributed by atoms with Gasteiger partial charge in [-0.1, -0.05) is 0 Å². The highest BCUT2D eigenvalue weighted by Gasteiger charge is 2.15. The average Bonchev–Trinajstić information content (AvgIpc) is 2.37. The second-order valence-corrected chi connectivity index (χ2v) is 3.98. The Morgan fingerprint density at radius 3 is 2.58 bits per heavy atom. The van der Waals surface area contributed by atoms with Crippen LogP contribution in [0.4, 0.5) is 11.8 Å². The maximum Gasteiger partial charge on any atom is 0.222 e. The Bertz CT molecular complexity index is 675. The van der Waals surface area contributed by atoms with Crippen LogP contribution >= 0.6 is 0 Å². The first-order chi connectivity index (χ1) is 9.06. The second kappa shape index (κ2) is 4.82. The van der Waals surface area contributed by atoms with Crippen molar-refractivity contribution in [2.75, 3.05) is 18.6 Å². The second-order valence-electron chi connectivity index (χ2n) is 3.98. The fourth-order valence-electron chi connectivity index (χ4n) is 1.83. The zero-order valence-electron chi connectivity index (χ0n) is 10.6. The number of nitriles is 1. The molecule has 0 aliphatic heterocycles. The number of nitrogens with two attached hydrogens (primary N) is 2. The molecule has 1 heterocycles. The Balaban J connectivity index is 2.69. The Morgan fingerprint density at radius 1 is 1.26 bits per heavy atom. The Labute approximate surface area is 110 Å². The molecule has 0 saturated heterocycles. The molecule has 4 N–H and O–H groups in total. The van der Waals surface area contributed by atoms with Gasteiger partial charge in [0.25, 0.3) is 0 Å². The van der Waals surface area contributed by atoms with E-state index in [4.69, 9.17) is 21.5 Å². The van der Waals surface area contributed by atoms with Crippen molar-refractivity contribution < 1.29 is 4.74 Å². The van der Waals surface area contributed by atoms with E-state index in [1.807, 2.05) is 25.1 Å². The lowest BCUT2D eigenvalue weighted by Crippen LogP contribution is -2.05. The molecule has 19 heavy (non-hydrogen) atoms. The molecule has 1 aromatic carbocycles. The van der Waals surface area contributed by atoms with Gasteiger partial charge in [-0.15, -0.1) is 0 Å². The number of hydrogen-bond acceptors (Lipinski definition) is 6. The van der Waals surface area contributed by atoms with Crippen LogP contribution in [0.1, 0.15) is 11.1 Å². The van der Waals surface area contributed by atoms with Crippen LogP contribution in [-0.4, -0.2) is 17.1 Å². The van der Waals surface area contributed by atoms with Crippen molar-refractivity contribution in [2.24, 2.45) is 0 Å². The predicted octanol–water partition coefficient (Wildman–Crippen LogP) is 1.50. The van der Waals surface area contributed by atoms with Crippen LogP contribution in [0.15, 0.2) is 18.2 Å². The van der Waals surface area contributed by atoms with E-state index >= 15 is 0 Å². The van der Waals surface area contributed by atoms with Gasteiger partial charge in [-0.3, -0.25) is 0 Å². The summed E-state index contributed by atoms with van der Waals surface area (Å²) in [4.78, 5) is 7.91. The lowest BCUT2D eigenvalue weighted by molar-refractivity contribution is 0.414. The van der Waals surface area contributed by atoms with Gasteiger partial charge in [-0.05, 0) is 30.7 Å². The van der Waals surface area contributed by atoms with E-state index < -0.39 is 0 Å². The van der Waals surface area contributed by atoms with Gasteiger partial charge in [-0.25, -0.2) is 4.98 Å². The van der Waals surface area contributed by atoms with Crippen LogP contribution in [0.25, 0.3) is 11.3 Å². The number of benzene rings is 1. The van der Waals surface area contributed by atoms with E-state index in [1.165, 1.54) is 0 Å². The summed E-state index contributed by atoms with van der Waals surface area (Å²) in [5.41, 5.74) is 13.6. The van der Waals surface area contributed by atoms with Crippen LogP contribution in [0, 0.1) is 18.3 Å². The lowest BCUT2D eigenvalue weighted by atomic mass is 10.0. The number of ether oxygens (including phenoxy) is 1. The fourth-order valence-corrected chi connectivity index (χ4v) is 1.83. The summed E-state index contributed by atoms with van der Waals surface area (Å²) in [6.45, 7) is 1.90. The minimum Gasteiger partial charge on any atom is -0.497 e. The molecular weight excluding hydrogens is 242 g/mol. The van der Waals surface area contributed by atoms with Crippen molar-refractivity contribution in [3.63, 3.8) is 0 Å². The van der Waals surface area contributed by atoms with E-state index in [1.54, 1.807) is 13.2 Å². The molecule has 0 aliphatic carbocycles. The quantitative estimate of drug-likeness (QED) is 0.841. The number of nitrogen functional groups attached to an aromatic ring is 2. The van der Waals surface area contributed by atoms with Gasteiger partial charge in [0, 0.05) is 5.56 Å². The minimum atomic E-state index is 0.0433. The highest BCUT2D eigenvalue weighted by Crippen LogP contribution is 2.30. The SMILES string of the molecule is COc1ccc(-c2nc(N)nc(N)c2C#N)c(C)c1. The van der Waals surface area contributed by atoms with Gasteiger partial charge in [-0.2, -0.15) is 10.2 Å². The molecule has 2 rings (SSSR count). The average molecular weight is 255 g/mol. The predicted molar refractivity (Wildman–Crippen MR) is 72.3 cm³/mol. The highest BCUT2D eigenvalue weighted by molar-refractivity contribution is 5.75. The van der Waals surface area contributed by atoms with Crippen LogP contribution in [0.3, 0.4) is 0 Å². The van der Waals surface area contributed by atoms with Crippen molar-refractivity contribution in [1.82, 2.24) is 9.97 Å². The molecule has 0 fully saturated rings. The third kappa shape index (κ3) is 2.26. The number of hydrogen-bond donors (Lipinski definition) is 2. The highest BCUT2D eigenvalue weighted by atomic mass is 16.5. The Morgan fingerprint density at radius 2 is 2.00 bits per heavy atom. The molecule has 0 bridgehead atoms. The molecule has 0 aliphatic rings. The first-order valence-corrected chi connectivity index (χ1v) is 5.55. The molecule has 1 aromatic heterocycles. The molecule has 0 unspecified atom stereocenters. The van der Waals surface area contributed by atoms with Gasteiger partial charge >= 0.3 is 0 Å². The number of anilines is 2. The standard InChI is InChI=1S/C13H13N5O/c1-7-5-8(19-2)3-4-9(7)11-10(6-14)12(15)18-13(16)17-11/h3-5H,1-2H3,(H4,15,16,17,18). The van der Waals surface area contributed by atoms with Crippen molar-refractivity contribution in [1.29, 1.82) is 5.26 Å². The smallest absolute Gasteiger partial charge is 0.222 e. The zero-order valence-corrected chi connectivity index (χ0v) is 10.6. The summed E-state index contributed by atoms with van der Waals surface area (Å²) < 4.78 is 5.14. The Hall–Kier alpha value is -2.81. The van der Waals surface area contributed by atoms with E-state index in [0.29, 0.717) is 5.69 Å². The summed E-state index contributed by atoms with van der Waals surface area (Å²) in [6.07, 6.45) is 0. The number of rotatable bonds is 2. The molecule has 0 radical (unpaired) electrons. The first-order valence-electron chi connectivity index (χ1n) is 5.55. The third-order valence-electron chi connectivity index (χ3n) is 2.75. The topological polar surface area (TPSA) is 111 Å². The molecule has 0 amide bonds. The molecule has 0 saturated carbocycles. The minimum absolute atomic E-state index is 0.0433. The molecular formula is C13H13N5O. The number of aromatic nitrogens is 2. The molecule has 0 spiro atoms. The van der Waals surface area contributed by atoms with Crippen LogP contribution in [0.5, 0.6) is 5.75 Å². The molecule has 96 valence electrons. The summed E-state index contributed by atoms with van der Waals surface area (Å²) in [5.74, 6) is 0.858. The van der Waals surface area contributed by atoms with Gasteiger partial charge in [0.05, 0.1) is 12.8 Å². The van der Waals surface area contributed by atoms with Gasteiger partial charge in [0.1, 0.15) is 23.2 Å². The van der Waals surface area contributed by atoms with Crippen molar-refractivity contribution in [2.45, 2.75) is 6.92 Å². The van der Waals surface area contributed by atoms with E-state index in [2.05, 4.69) is 9.97 Å². The number of aryl methyl sites for hydroxylation is 1. The summed E-state index contributed by atoms with van der Waals surface area (Å²) in [7, 11) is 1.59. The van der Waals surface area contributed by atoms with Crippen LogP contribution in [-0.2, 0) is 0 Å². The fraction of sp³-hybridized carbons (Fsp3) is 0.154. The zero-order chi connectivity index (χ0) is 14.0. The third-order valence-corrected chi connectivity index (χ3v) is 2.75. The summed E-state index contributed by atoms with van der Waals surface area (Å²) in [6, 6.07) is 7.47. The van der Waals surface area contributed by atoms with E-state index in [9.17, 15) is 0 Å². The molecule has 6 heteroatoms. The normalized spacial score (nSPS) is 9.95. The first kappa shape index (κ1) is 12.6. The lowest BCUT2D eigenvalue weighted by Gasteiger charge is -2.10.